The summed E-state index contributed by atoms with van der Waals surface area (Å²) < 4.78 is 4.95. The van der Waals surface area contributed by atoms with Crippen molar-refractivity contribution in [1.82, 2.24) is 5.32 Å². The van der Waals surface area contributed by atoms with Crippen LogP contribution in [0, 0.1) is 0 Å². The zero-order chi connectivity index (χ0) is 9.07. The van der Waals surface area contributed by atoms with Crippen molar-refractivity contribution in [2.24, 2.45) is 0 Å². The summed E-state index contributed by atoms with van der Waals surface area (Å²) in [7, 11) is 1.75. The SMILES string of the molecule is CCCCNCCSCCOC. The van der Waals surface area contributed by atoms with Crippen LogP contribution in [-0.4, -0.2) is 38.3 Å². The third kappa shape index (κ3) is 10.3. The van der Waals surface area contributed by atoms with Gasteiger partial charge in [-0.3, -0.25) is 0 Å². The largest absolute Gasteiger partial charge is 0.384 e. The van der Waals surface area contributed by atoms with Crippen molar-refractivity contribution in [2.75, 3.05) is 38.3 Å². The van der Waals surface area contributed by atoms with Crippen LogP contribution in [0.1, 0.15) is 19.8 Å². The number of ether oxygens (including phenoxy) is 1. The van der Waals surface area contributed by atoms with E-state index in [2.05, 4.69) is 12.2 Å². The summed E-state index contributed by atoms with van der Waals surface area (Å²) in [6.45, 7) is 5.39. The van der Waals surface area contributed by atoms with Gasteiger partial charge in [0.2, 0.25) is 0 Å². The zero-order valence-corrected chi connectivity index (χ0v) is 9.08. The van der Waals surface area contributed by atoms with E-state index >= 15 is 0 Å². The highest BCUT2D eigenvalue weighted by Gasteiger charge is 1.88. The lowest BCUT2D eigenvalue weighted by atomic mass is 10.3. The van der Waals surface area contributed by atoms with Crippen molar-refractivity contribution in [3.63, 3.8) is 0 Å². The van der Waals surface area contributed by atoms with E-state index in [9.17, 15) is 0 Å². The van der Waals surface area contributed by atoms with E-state index in [1.165, 1.54) is 25.1 Å². The monoisotopic (exact) mass is 191 g/mol. The molecule has 12 heavy (non-hydrogen) atoms. The average molecular weight is 191 g/mol. The van der Waals surface area contributed by atoms with E-state index < -0.39 is 0 Å². The number of rotatable bonds is 9. The summed E-state index contributed by atoms with van der Waals surface area (Å²) in [5.74, 6) is 2.32. The highest BCUT2D eigenvalue weighted by atomic mass is 32.2. The molecule has 1 N–H and O–H groups in total. The fourth-order valence-electron chi connectivity index (χ4n) is 0.815. The van der Waals surface area contributed by atoms with E-state index in [1.54, 1.807) is 7.11 Å². The molecule has 74 valence electrons. The predicted molar refractivity (Wildman–Crippen MR) is 57.0 cm³/mol. The minimum Gasteiger partial charge on any atom is -0.384 e. The number of nitrogens with one attached hydrogen (secondary N) is 1. The van der Waals surface area contributed by atoms with Crippen LogP contribution in [0.15, 0.2) is 0 Å². The summed E-state index contributed by atoms with van der Waals surface area (Å²) >= 11 is 1.95. The fourth-order valence-corrected chi connectivity index (χ4v) is 1.59. The maximum absolute atomic E-state index is 4.95. The molecule has 0 aliphatic carbocycles. The Balaban J connectivity index is 2.73. The molecule has 0 rings (SSSR count). The van der Waals surface area contributed by atoms with Crippen molar-refractivity contribution in [3.8, 4) is 0 Å². The van der Waals surface area contributed by atoms with Gasteiger partial charge in [-0.2, -0.15) is 11.8 Å². The molecular formula is C9H21NOS. The summed E-state index contributed by atoms with van der Waals surface area (Å²) in [6.07, 6.45) is 2.58. The molecule has 0 amide bonds. The first-order valence-electron chi connectivity index (χ1n) is 4.69. The van der Waals surface area contributed by atoms with Gasteiger partial charge in [0.1, 0.15) is 0 Å². The Kier molecular flexibility index (Phi) is 11.5. The van der Waals surface area contributed by atoms with E-state index in [4.69, 9.17) is 4.74 Å². The highest BCUT2D eigenvalue weighted by Crippen LogP contribution is 1.96. The van der Waals surface area contributed by atoms with Crippen LogP contribution in [0.3, 0.4) is 0 Å². The van der Waals surface area contributed by atoms with Crippen LogP contribution in [-0.2, 0) is 4.74 Å². The van der Waals surface area contributed by atoms with Gasteiger partial charge in [-0.25, -0.2) is 0 Å². The van der Waals surface area contributed by atoms with E-state index in [0.29, 0.717) is 0 Å². The lowest BCUT2D eigenvalue weighted by Crippen LogP contribution is -2.18. The van der Waals surface area contributed by atoms with Crippen molar-refractivity contribution in [3.05, 3.63) is 0 Å². The minimum absolute atomic E-state index is 0.875. The number of hydrogen-bond acceptors (Lipinski definition) is 3. The molecule has 0 unspecified atom stereocenters. The number of thioether (sulfide) groups is 1. The zero-order valence-electron chi connectivity index (χ0n) is 8.27. The Labute approximate surface area is 80.4 Å². The number of methoxy groups -OCH3 is 1. The Morgan fingerprint density at radius 1 is 1.25 bits per heavy atom. The second-order valence-corrected chi connectivity index (χ2v) is 3.93. The molecule has 0 aromatic carbocycles. The fraction of sp³-hybridized carbons (Fsp3) is 1.00. The molecule has 0 saturated heterocycles. The lowest BCUT2D eigenvalue weighted by Gasteiger charge is -2.02. The Hall–Kier alpha value is 0.270. The standard InChI is InChI=1S/C9H21NOS/c1-3-4-5-10-6-8-12-9-7-11-2/h10H,3-9H2,1-2H3. The number of hydrogen-bond donors (Lipinski definition) is 1. The quantitative estimate of drug-likeness (QED) is 0.561. The molecule has 0 spiro atoms. The van der Waals surface area contributed by atoms with Gasteiger partial charge in [0.15, 0.2) is 0 Å². The van der Waals surface area contributed by atoms with Crippen LogP contribution >= 0.6 is 11.8 Å². The molecule has 3 heteroatoms. The lowest BCUT2D eigenvalue weighted by molar-refractivity contribution is 0.218. The maximum Gasteiger partial charge on any atom is 0.0552 e. The van der Waals surface area contributed by atoms with E-state index in [-0.39, 0.29) is 0 Å². The second-order valence-electron chi connectivity index (χ2n) is 2.71. The van der Waals surface area contributed by atoms with Crippen LogP contribution in [0.5, 0.6) is 0 Å². The van der Waals surface area contributed by atoms with Gasteiger partial charge in [-0.15, -0.1) is 0 Å². The Morgan fingerprint density at radius 2 is 2.08 bits per heavy atom. The third-order valence-corrected chi connectivity index (χ3v) is 2.51. The molecule has 0 aromatic heterocycles. The molecule has 0 atom stereocenters. The molecule has 0 aliphatic heterocycles. The van der Waals surface area contributed by atoms with Gasteiger partial charge < -0.3 is 10.1 Å². The molecule has 2 nitrogen and oxygen atoms in total. The summed E-state index contributed by atoms with van der Waals surface area (Å²) in [5, 5.41) is 3.40. The van der Waals surface area contributed by atoms with E-state index in [0.717, 1.165) is 18.9 Å². The van der Waals surface area contributed by atoms with E-state index in [1.807, 2.05) is 11.8 Å². The van der Waals surface area contributed by atoms with Crippen LogP contribution in [0.2, 0.25) is 0 Å². The van der Waals surface area contributed by atoms with Gasteiger partial charge in [0, 0.05) is 25.2 Å². The van der Waals surface area contributed by atoms with Gasteiger partial charge in [0.25, 0.3) is 0 Å². The smallest absolute Gasteiger partial charge is 0.0552 e. The minimum atomic E-state index is 0.875. The topological polar surface area (TPSA) is 21.3 Å². The molecular weight excluding hydrogens is 170 g/mol. The Bertz CT molecular complexity index is 70.9. The molecule has 0 aromatic rings. The predicted octanol–water partition coefficient (Wildman–Crippen LogP) is 1.76. The van der Waals surface area contributed by atoms with Crippen molar-refractivity contribution < 1.29 is 4.74 Å². The van der Waals surface area contributed by atoms with Crippen LogP contribution in [0.4, 0.5) is 0 Å². The molecule has 0 radical (unpaired) electrons. The summed E-state index contributed by atoms with van der Waals surface area (Å²) in [5.41, 5.74) is 0. The van der Waals surface area contributed by atoms with Crippen LogP contribution in [0.25, 0.3) is 0 Å². The molecule has 0 heterocycles. The van der Waals surface area contributed by atoms with Crippen molar-refractivity contribution in [1.29, 1.82) is 0 Å². The first kappa shape index (κ1) is 12.3. The van der Waals surface area contributed by atoms with Gasteiger partial charge >= 0.3 is 0 Å². The summed E-state index contributed by atoms with van der Waals surface area (Å²) in [6, 6.07) is 0. The van der Waals surface area contributed by atoms with Crippen molar-refractivity contribution in [2.45, 2.75) is 19.8 Å². The highest BCUT2D eigenvalue weighted by molar-refractivity contribution is 7.99. The normalized spacial score (nSPS) is 10.5. The van der Waals surface area contributed by atoms with Gasteiger partial charge in [0.05, 0.1) is 6.61 Å². The molecule has 0 bridgehead atoms. The first-order chi connectivity index (χ1) is 5.91. The second kappa shape index (κ2) is 11.3. The maximum atomic E-state index is 4.95. The van der Waals surface area contributed by atoms with Gasteiger partial charge in [-0.1, -0.05) is 13.3 Å². The van der Waals surface area contributed by atoms with Gasteiger partial charge in [-0.05, 0) is 13.0 Å². The molecule has 0 saturated carbocycles. The number of unbranched alkanes of at least 4 members (excludes halogenated alkanes) is 1. The van der Waals surface area contributed by atoms with Crippen LogP contribution < -0.4 is 5.32 Å². The molecule has 0 fully saturated rings. The summed E-state index contributed by atoms with van der Waals surface area (Å²) in [4.78, 5) is 0. The first-order valence-corrected chi connectivity index (χ1v) is 5.84. The Morgan fingerprint density at radius 3 is 2.75 bits per heavy atom. The van der Waals surface area contributed by atoms with Crippen molar-refractivity contribution >= 4 is 11.8 Å². The third-order valence-electron chi connectivity index (χ3n) is 1.56. The average Bonchev–Trinajstić information content (AvgIpc) is 2.10. The molecule has 0 aliphatic rings.